The number of fused-ring (bicyclic) bond motifs is 1. The van der Waals surface area contributed by atoms with E-state index in [1.54, 1.807) is 25.0 Å². The van der Waals surface area contributed by atoms with Crippen LogP contribution >= 0.6 is 0 Å². The van der Waals surface area contributed by atoms with E-state index in [1.807, 2.05) is 67.6 Å². The van der Waals surface area contributed by atoms with E-state index in [0.29, 0.717) is 17.5 Å². The van der Waals surface area contributed by atoms with Crippen LogP contribution in [0.5, 0.6) is 11.5 Å². The molecule has 0 saturated carbocycles. The number of nitrogens with one attached hydrogen (secondary N) is 1. The fourth-order valence-corrected chi connectivity index (χ4v) is 3.67. The number of methoxy groups -OCH3 is 2. The SMILES string of the molecule is CCn1nnc2cc(C(=O)NC(Cc3ccc(OC)cc3)c3ccc(OC)cc3)ccc21. The van der Waals surface area contributed by atoms with Gasteiger partial charge >= 0.3 is 0 Å². The van der Waals surface area contributed by atoms with E-state index in [-0.39, 0.29) is 11.9 Å². The fraction of sp³-hybridized carbons (Fsp3) is 0.240. The Bertz CT molecular complexity index is 1200. The maximum absolute atomic E-state index is 13.2. The monoisotopic (exact) mass is 430 g/mol. The van der Waals surface area contributed by atoms with E-state index in [2.05, 4.69) is 15.6 Å². The van der Waals surface area contributed by atoms with Gasteiger partial charge in [-0.1, -0.05) is 29.5 Å². The Balaban J connectivity index is 1.60. The van der Waals surface area contributed by atoms with Gasteiger partial charge < -0.3 is 14.8 Å². The second kappa shape index (κ2) is 9.51. The zero-order chi connectivity index (χ0) is 22.5. The highest BCUT2D eigenvalue weighted by Crippen LogP contribution is 2.24. The van der Waals surface area contributed by atoms with Crippen molar-refractivity contribution in [1.82, 2.24) is 20.3 Å². The van der Waals surface area contributed by atoms with Gasteiger partial charge in [0, 0.05) is 12.1 Å². The van der Waals surface area contributed by atoms with Crippen molar-refractivity contribution in [2.45, 2.75) is 25.9 Å². The van der Waals surface area contributed by atoms with Gasteiger partial charge in [-0.25, -0.2) is 4.68 Å². The lowest BCUT2D eigenvalue weighted by Gasteiger charge is -2.20. The van der Waals surface area contributed by atoms with Crippen LogP contribution in [-0.4, -0.2) is 35.1 Å². The molecule has 1 amide bonds. The highest BCUT2D eigenvalue weighted by molar-refractivity contribution is 5.97. The molecule has 0 aliphatic heterocycles. The third kappa shape index (κ3) is 4.56. The van der Waals surface area contributed by atoms with Crippen LogP contribution in [0.25, 0.3) is 11.0 Å². The zero-order valence-electron chi connectivity index (χ0n) is 18.4. The fourth-order valence-electron chi connectivity index (χ4n) is 3.67. The van der Waals surface area contributed by atoms with Crippen molar-refractivity contribution in [3.63, 3.8) is 0 Å². The number of hydrogen-bond donors (Lipinski definition) is 1. The van der Waals surface area contributed by atoms with E-state index >= 15 is 0 Å². The number of nitrogens with zero attached hydrogens (tertiary/aromatic N) is 3. The molecule has 0 saturated heterocycles. The van der Waals surface area contributed by atoms with Crippen LogP contribution in [0.3, 0.4) is 0 Å². The van der Waals surface area contributed by atoms with Gasteiger partial charge in [0.25, 0.3) is 5.91 Å². The van der Waals surface area contributed by atoms with Crippen molar-refractivity contribution in [2.75, 3.05) is 14.2 Å². The summed E-state index contributed by atoms with van der Waals surface area (Å²) in [6.07, 6.45) is 0.635. The highest BCUT2D eigenvalue weighted by Gasteiger charge is 2.18. The third-order valence-corrected chi connectivity index (χ3v) is 5.50. The normalized spacial score (nSPS) is 11.8. The summed E-state index contributed by atoms with van der Waals surface area (Å²) in [7, 11) is 3.28. The summed E-state index contributed by atoms with van der Waals surface area (Å²) in [5.41, 5.74) is 4.25. The van der Waals surface area contributed by atoms with Crippen molar-refractivity contribution in [1.29, 1.82) is 0 Å². The predicted octanol–water partition coefficient (Wildman–Crippen LogP) is 4.18. The van der Waals surface area contributed by atoms with Crippen molar-refractivity contribution >= 4 is 16.9 Å². The van der Waals surface area contributed by atoms with Gasteiger partial charge in [-0.05, 0) is 66.9 Å². The predicted molar refractivity (Wildman–Crippen MR) is 123 cm³/mol. The van der Waals surface area contributed by atoms with E-state index in [4.69, 9.17) is 9.47 Å². The van der Waals surface area contributed by atoms with E-state index in [1.165, 1.54) is 0 Å². The summed E-state index contributed by atoms with van der Waals surface area (Å²) >= 11 is 0. The van der Waals surface area contributed by atoms with Gasteiger partial charge in [-0.15, -0.1) is 5.10 Å². The Labute approximate surface area is 187 Å². The molecule has 0 fully saturated rings. The molecule has 1 unspecified atom stereocenters. The topological polar surface area (TPSA) is 78.3 Å². The number of amides is 1. The lowest BCUT2D eigenvalue weighted by molar-refractivity contribution is 0.0936. The van der Waals surface area contributed by atoms with Gasteiger partial charge in [0.1, 0.15) is 17.0 Å². The molecular formula is C25H26N4O3. The average molecular weight is 431 g/mol. The second-order valence-electron chi connectivity index (χ2n) is 7.46. The standard InChI is InChI=1S/C25H26N4O3/c1-4-29-24-14-9-19(16-23(24)27-28-29)25(30)26-22(18-7-12-21(32-3)13-8-18)15-17-5-10-20(31-2)11-6-17/h5-14,16,22H,4,15H2,1-3H3,(H,26,30). The first-order chi connectivity index (χ1) is 15.6. The Morgan fingerprint density at radius 1 is 0.969 bits per heavy atom. The molecule has 4 aromatic rings. The number of ether oxygens (including phenoxy) is 2. The minimum atomic E-state index is -0.219. The summed E-state index contributed by atoms with van der Waals surface area (Å²) in [5.74, 6) is 1.41. The first-order valence-electron chi connectivity index (χ1n) is 10.5. The number of carbonyl (C=O) groups excluding carboxylic acids is 1. The molecule has 3 aromatic carbocycles. The molecule has 1 N–H and O–H groups in total. The van der Waals surface area contributed by atoms with Crippen LogP contribution in [0.4, 0.5) is 0 Å². The lowest BCUT2D eigenvalue weighted by atomic mass is 9.98. The summed E-state index contributed by atoms with van der Waals surface area (Å²) in [4.78, 5) is 13.2. The van der Waals surface area contributed by atoms with Gasteiger partial charge in [0.15, 0.2) is 0 Å². The van der Waals surface area contributed by atoms with E-state index in [0.717, 1.165) is 34.7 Å². The van der Waals surface area contributed by atoms with Gasteiger partial charge in [0.05, 0.1) is 25.8 Å². The molecule has 32 heavy (non-hydrogen) atoms. The van der Waals surface area contributed by atoms with E-state index in [9.17, 15) is 4.79 Å². The van der Waals surface area contributed by atoms with Gasteiger partial charge in [0.2, 0.25) is 0 Å². The molecule has 1 aromatic heterocycles. The number of aryl methyl sites for hydroxylation is 1. The quantitative estimate of drug-likeness (QED) is 0.454. The minimum Gasteiger partial charge on any atom is -0.497 e. The Morgan fingerprint density at radius 3 is 2.25 bits per heavy atom. The molecule has 1 atom stereocenters. The molecule has 0 radical (unpaired) electrons. The Kier molecular flexibility index (Phi) is 6.35. The zero-order valence-corrected chi connectivity index (χ0v) is 18.4. The van der Waals surface area contributed by atoms with Crippen molar-refractivity contribution in [2.24, 2.45) is 0 Å². The Hall–Kier alpha value is -3.87. The number of aromatic nitrogens is 3. The van der Waals surface area contributed by atoms with Crippen molar-refractivity contribution in [3.05, 3.63) is 83.4 Å². The summed E-state index contributed by atoms with van der Waals surface area (Å²) in [5, 5.41) is 11.5. The van der Waals surface area contributed by atoms with Crippen LogP contribution in [0.15, 0.2) is 66.7 Å². The number of carbonyl (C=O) groups is 1. The molecule has 4 rings (SSSR count). The largest absolute Gasteiger partial charge is 0.497 e. The van der Waals surface area contributed by atoms with Gasteiger partial charge in [-0.3, -0.25) is 4.79 Å². The molecule has 0 bridgehead atoms. The third-order valence-electron chi connectivity index (χ3n) is 5.50. The van der Waals surface area contributed by atoms with Crippen LogP contribution in [0.2, 0.25) is 0 Å². The summed E-state index contributed by atoms with van der Waals surface area (Å²) in [6.45, 7) is 2.73. The van der Waals surface area contributed by atoms with E-state index < -0.39 is 0 Å². The summed E-state index contributed by atoms with van der Waals surface area (Å²) < 4.78 is 12.3. The van der Waals surface area contributed by atoms with Crippen LogP contribution < -0.4 is 14.8 Å². The maximum Gasteiger partial charge on any atom is 0.251 e. The number of hydrogen-bond acceptors (Lipinski definition) is 5. The van der Waals surface area contributed by atoms with Crippen LogP contribution in [-0.2, 0) is 13.0 Å². The first kappa shape index (κ1) is 21.4. The van der Waals surface area contributed by atoms with Crippen molar-refractivity contribution in [3.8, 4) is 11.5 Å². The minimum absolute atomic E-state index is 0.160. The average Bonchev–Trinajstić information content (AvgIpc) is 3.26. The molecule has 7 heteroatoms. The summed E-state index contributed by atoms with van der Waals surface area (Å²) in [6, 6.07) is 20.9. The number of rotatable bonds is 8. The molecule has 0 aliphatic carbocycles. The lowest BCUT2D eigenvalue weighted by Crippen LogP contribution is -2.30. The first-order valence-corrected chi connectivity index (χ1v) is 10.5. The van der Waals surface area contributed by atoms with Crippen molar-refractivity contribution < 1.29 is 14.3 Å². The second-order valence-corrected chi connectivity index (χ2v) is 7.46. The molecule has 1 heterocycles. The van der Waals surface area contributed by atoms with Crippen LogP contribution in [0.1, 0.15) is 34.5 Å². The molecule has 164 valence electrons. The van der Waals surface area contributed by atoms with Crippen LogP contribution in [0, 0.1) is 0 Å². The smallest absolute Gasteiger partial charge is 0.251 e. The Morgan fingerprint density at radius 2 is 1.62 bits per heavy atom. The van der Waals surface area contributed by atoms with Gasteiger partial charge in [-0.2, -0.15) is 0 Å². The highest BCUT2D eigenvalue weighted by atomic mass is 16.5. The maximum atomic E-state index is 13.2. The molecule has 7 nitrogen and oxygen atoms in total. The molecule has 0 aliphatic rings. The molecular weight excluding hydrogens is 404 g/mol. The molecule has 0 spiro atoms. The number of benzene rings is 3.